The Balaban J connectivity index is 1.64. The minimum Gasteiger partial charge on any atom is -0.383 e. The van der Waals surface area contributed by atoms with E-state index in [1.807, 2.05) is 73.1 Å². The van der Waals surface area contributed by atoms with Gasteiger partial charge < -0.3 is 9.64 Å². The number of aromatic nitrogens is 2. The summed E-state index contributed by atoms with van der Waals surface area (Å²) in [6.07, 6.45) is 1.88. The fourth-order valence-electron chi connectivity index (χ4n) is 4.08. The molecule has 0 spiro atoms. The molecule has 0 fully saturated rings. The van der Waals surface area contributed by atoms with Crippen molar-refractivity contribution in [2.24, 2.45) is 0 Å². The molecule has 196 valence electrons. The third-order valence-electron chi connectivity index (χ3n) is 6.43. The second kappa shape index (κ2) is 12.1. The van der Waals surface area contributed by atoms with Crippen molar-refractivity contribution in [3.8, 4) is 16.9 Å². The molecule has 0 saturated heterocycles. The highest BCUT2D eigenvalue weighted by Gasteiger charge is 2.22. The van der Waals surface area contributed by atoms with E-state index < -0.39 is 0 Å². The Hall–Kier alpha value is -3.94. The summed E-state index contributed by atoms with van der Waals surface area (Å²) in [4.78, 5) is 32.8. The first kappa shape index (κ1) is 27.1. The molecule has 0 saturated carbocycles. The largest absolute Gasteiger partial charge is 0.383 e. The maximum absolute atomic E-state index is 13.3. The van der Waals surface area contributed by atoms with Gasteiger partial charge in [-0.25, -0.2) is 4.98 Å². The monoisotopic (exact) mass is 530 g/mol. The molecule has 4 aromatic rings. The van der Waals surface area contributed by atoms with Gasteiger partial charge in [-0.2, -0.15) is 0 Å². The molecule has 0 bridgehead atoms. The van der Waals surface area contributed by atoms with Crippen molar-refractivity contribution in [2.75, 3.05) is 32.1 Å². The molecule has 1 aromatic heterocycles. The van der Waals surface area contributed by atoms with E-state index in [-0.39, 0.29) is 24.9 Å². The zero-order valence-electron chi connectivity index (χ0n) is 22.0. The molecule has 3 aromatic carbocycles. The Kier molecular flexibility index (Phi) is 8.61. The number of methoxy groups -OCH3 is 1. The average molecular weight is 531 g/mol. The molecule has 0 radical (unpaired) electrons. The highest BCUT2D eigenvalue weighted by Crippen LogP contribution is 2.26. The molecule has 8 heteroatoms. The highest BCUT2D eigenvalue weighted by atomic mass is 35.5. The molecule has 0 aliphatic rings. The molecular weight excluding hydrogens is 500 g/mol. The number of anilines is 1. The summed E-state index contributed by atoms with van der Waals surface area (Å²) in [5.74, 6) is -0.228. The van der Waals surface area contributed by atoms with Crippen molar-refractivity contribution in [1.82, 2.24) is 14.5 Å². The lowest BCUT2D eigenvalue weighted by Gasteiger charge is -2.22. The number of hydrogen-bond acceptors (Lipinski definition) is 4. The van der Waals surface area contributed by atoms with E-state index in [2.05, 4.69) is 12.2 Å². The van der Waals surface area contributed by atoms with Crippen LogP contribution in [-0.4, -0.2) is 53.1 Å². The zero-order valence-corrected chi connectivity index (χ0v) is 22.7. The number of nitrogens with zero attached hydrogens (tertiary/aromatic N) is 3. The molecule has 0 unspecified atom stereocenters. The number of benzene rings is 3. The van der Waals surface area contributed by atoms with Crippen LogP contribution in [0.2, 0.25) is 5.02 Å². The maximum atomic E-state index is 13.3. The van der Waals surface area contributed by atoms with Crippen LogP contribution in [0.4, 0.5) is 5.95 Å². The number of carbonyl (C=O) groups excluding carboxylic acids is 2. The fourth-order valence-corrected chi connectivity index (χ4v) is 4.20. The van der Waals surface area contributed by atoms with Crippen LogP contribution in [0, 0.1) is 20.8 Å². The average Bonchev–Trinajstić information content (AvgIpc) is 3.32. The number of ether oxygens (including phenoxy) is 1. The summed E-state index contributed by atoms with van der Waals surface area (Å²) in [5.41, 5.74) is 6.10. The summed E-state index contributed by atoms with van der Waals surface area (Å²) in [7, 11) is 1.56. The van der Waals surface area contributed by atoms with Crippen LogP contribution in [0.25, 0.3) is 16.9 Å². The molecule has 2 amide bonds. The Morgan fingerprint density at radius 2 is 1.71 bits per heavy atom. The van der Waals surface area contributed by atoms with E-state index in [4.69, 9.17) is 21.3 Å². The SMILES string of the molecule is COCCN(CC(=O)Nc1nc(-c2ccc(Cl)cc2)cn1-c1ccc(C)c(C)c1)C(=O)c1ccccc1C. The summed E-state index contributed by atoms with van der Waals surface area (Å²) >= 11 is 6.07. The molecule has 4 rings (SSSR count). The van der Waals surface area contributed by atoms with Gasteiger partial charge >= 0.3 is 0 Å². The van der Waals surface area contributed by atoms with Gasteiger partial charge in [0, 0.05) is 41.7 Å². The van der Waals surface area contributed by atoms with E-state index in [1.54, 1.807) is 25.3 Å². The summed E-state index contributed by atoms with van der Waals surface area (Å²) in [5, 5.41) is 3.55. The number of carbonyl (C=O) groups is 2. The minimum atomic E-state index is -0.360. The third-order valence-corrected chi connectivity index (χ3v) is 6.68. The van der Waals surface area contributed by atoms with Gasteiger partial charge in [-0.1, -0.05) is 48.0 Å². The van der Waals surface area contributed by atoms with Gasteiger partial charge in [0.05, 0.1) is 12.3 Å². The molecule has 7 nitrogen and oxygen atoms in total. The van der Waals surface area contributed by atoms with Crippen LogP contribution in [0.1, 0.15) is 27.0 Å². The summed E-state index contributed by atoms with van der Waals surface area (Å²) < 4.78 is 7.04. The van der Waals surface area contributed by atoms with Gasteiger partial charge in [0.25, 0.3) is 5.91 Å². The van der Waals surface area contributed by atoms with E-state index in [9.17, 15) is 9.59 Å². The van der Waals surface area contributed by atoms with Gasteiger partial charge in [-0.05, 0) is 67.8 Å². The lowest BCUT2D eigenvalue weighted by Crippen LogP contribution is -2.40. The van der Waals surface area contributed by atoms with Crippen LogP contribution in [0.5, 0.6) is 0 Å². The standard InChI is InChI=1S/C30H31ClN4O3/c1-20-9-14-25(17-22(20)3)35-18-27(23-10-12-24(31)13-11-23)32-30(35)33-28(36)19-34(15-16-38-4)29(37)26-8-6-5-7-21(26)2/h5-14,17-18H,15-16,19H2,1-4H3,(H,32,33,36). The van der Waals surface area contributed by atoms with E-state index >= 15 is 0 Å². The number of rotatable bonds is 9. The number of aryl methyl sites for hydroxylation is 3. The molecular formula is C30H31ClN4O3. The van der Waals surface area contributed by atoms with Gasteiger partial charge in [-0.15, -0.1) is 0 Å². The van der Waals surface area contributed by atoms with Crippen molar-refractivity contribution < 1.29 is 14.3 Å². The van der Waals surface area contributed by atoms with E-state index in [1.165, 1.54) is 10.5 Å². The predicted octanol–water partition coefficient (Wildman–Crippen LogP) is 5.85. The zero-order chi connectivity index (χ0) is 27.2. The molecule has 0 aliphatic carbocycles. The van der Waals surface area contributed by atoms with Gasteiger partial charge in [0.2, 0.25) is 11.9 Å². The van der Waals surface area contributed by atoms with Crippen LogP contribution < -0.4 is 5.32 Å². The van der Waals surface area contributed by atoms with Crippen molar-refractivity contribution in [1.29, 1.82) is 0 Å². The molecule has 38 heavy (non-hydrogen) atoms. The minimum absolute atomic E-state index is 0.146. The normalized spacial score (nSPS) is 10.9. The van der Waals surface area contributed by atoms with Gasteiger partial charge in [0.1, 0.15) is 6.54 Å². The van der Waals surface area contributed by atoms with Gasteiger partial charge in [-0.3, -0.25) is 19.5 Å². The Morgan fingerprint density at radius 1 is 0.974 bits per heavy atom. The second-order valence-electron chi connectivity index (χ2n) is 9.18. The first-order valence-electron chi connectivity index (χ1n) is 12.3. The number of hydrogen-bond donors (Lipinski definition) is 1. The first-order chi connectivity index (χ1) is 18.3. The molecule has 0 atom stereocenters. The van der Waals surface area contributed by atoms with Crippen molar-refractivity contribution in [2.45, 2.75) is 20.8 Å². The summed E-state index contributed by atoms with van der Waals surface area (Å²) in [6.45, 7) is 6.41. The summed E-state index contributed by atoms with van der Waals surface area (Å²) in [6, 6.07) is 20.8. The fraction of sp³-hybridized carbons (Fsp3) is 0.233. The lowest BCUT2D eigenvalue weighted by molar-refractivity contribution is -0.117. The molecule has 1 N–H and O–H groups in total. The second-order valence-corrected chi connectivity index (χ2v) is 9.61. The Labute approximate surface area is 228 Å². The van der Waals surface area contributed by atoms with Crippen molar-refractivity contribution >= 4 is 29.4 Å². The van der Waals surface area contributed by atoms with Crippen molar-refractivity contribution in [3.63, 3.8) is 0 Å². The van der Waals surface area contributed by atoms with E-state index in [0.29, 0.717) is 28.8 Å². The van der Waals surface area contributed by atoms with Crippen LogP contribution >= 0.6 is 11.6 Å². The number of amides is 2. The third kappa shape index (κ3) is 6.30. The van der Waals surface area contributed by atoms with Crippen LogP contribution in [0.3, 0.4) is 0 Å². The lowest BCUT2D eigenvalue weighted by atomic mass is 10.1. The van der Waals surface area contributed by atoms with Crippen LogP contribution in [-0.2, 0) is 9.53 Å². The topological polar surface area (TPSA) is 76.5 Å². The Morgan fingerprint density at radius 3 is 2.39 bits per heavy atom. The van der Waals surface area contributed by atoms with E-state index in [0.717, 1.165) is 22.4 Å². The predicted molar refractivity (Wildman–Crippen MR) is 151 cm³/mol. The van der Waals surface area contributed by atoms with Crippen molar-refractivity contribution in [3.05, 3.63) is 100 Å². The quantitative estimate of drug-likeness (QED) is 0.295. The smallest absolute Gasteiger partial charge is 0.254 e. The molecule has 1 heterocycles. The first-order valence-corrected chi connectivity index (χ1v) is 12.7. The highest BCUT2D eigenvalue weighted by molar-refractivity contribution is 6.30. The molecule has 0 aliphatic heterocycles. The number of halogens is 1. The number of nitrogens with one attached hydrogen (secondary N) is 1. The maximum Gasteiger partial charge on any atom is 0.254 e. The number of imidazole rings is 1. The van der Waals surface area contributed by atoms with Crippen LogP contribution in [0.15, 0.2) is 72.9 Å². The van der Waals surface area contributed by atoms with Gasteiger partial charge in [0.15, 0.2) is 0 Å². The Bertz CT molecular complexity index is 1450.